The Bertz CT molecular complexity index is 1540. The smallest absolute Gasteiger partial charge is 0.326 e. The molecule has 0 saturated carbocycles. The molecule has 0 amide bonds. The summed E-state index contributed by atoms with van der Waals surface area (Å²) in [4.78, 5) is 7.62. The van der Waals surface area contributed by atoms with Crippen LogP contribution < -0.4 is 0 Å². The van der Waals surface area contributed by atoms with Crippen molar-refractivity contribution in [2.24, 2.45) is 0 Å². The number of rotatable bonds is 5. The second kappa shape index (κ2) is 7.91. The van der Waals surface area contributed by atoms with Gasteiger partial charge in [-0.05, 0) is 43.7 Å². The van der Waals surface area contributed by atoms with E-state index in [9.17, 15) is 10.1 Å². The molecule has 2 aliphatic rings. The normalized spacial score (nSPS) is 22.5. The molecule has 2 aliphatic heterocycles. The van der Waals surface area contributed by atoms with E-state index >= 15 is 8.78 Å². The summed E-state index contributed by atoms with van der Waals surface area (Å²) in [6.07, 6.45) is 0. The standard InChI is InChI=1S/C29H18BrF2NO3/c30-29(31,32)26-25(19-10-9-15-22(18-19)33(34)35)27(20-11-3-1-4-12-20)23-16-7-8-17-24(23)28(26,36-27)21-13-5-2-6-14-21/h1-18H. The summed E-state index contributed by atoms with van der Waals surface area (Å²) in [5.41, 5.74) is -0.486. The van der Waals surface area contributed by atoms with Crippen LogP contribution in [0.3, 0.4) is 0 Å². The van der Waals surface area contributed by atoms with Crippen molar-refractivity contribution >= 4 is 27.2 Å². The van der Waals surface area contributed by atoms with E-state index in [2.05, 4.69) is 15.9 Å². The SMILES string of the molecule is O=[N+]([O-])c1cccc(C2=C(C(F)(F)Br)C3(c4ccccc4)OC2(c2ccccc2)c2ccccc23)c1. The molecule has 2 unspecified atom stereocenters. The first-order valence-corrected chi connectivity index (χ1v) is 12.1. The molecule has 2 heterocycles. The van der Waals surface area contributed by atoms with Crippen LogP contribution in [0.25, 0.3) is 5.57 Å². The summed E-state index contributed by atoms with van der Waals surface area (Å²) < 4.78 is 38.6. The fourth-order valence-corrected chi connectivity index (χ4v) is 6.16. The van der Waals surface area contributed by atoms with Crippen LogP contribution in [0.4, 0.5) is 14.5 Å². The second-order valence-corrected chi connectivity index (χ2v) is 9.79. The van der Waals surface area contributed by atoms with Crippen LogP contribution in [0, 0.1) is 10.1 Å². The number of nitro groups is 1. The lowest BCUT2D eigenvalue weighted by Crippen LogP contribution is -2.35. The Morgan fingerprint density at radius 2 is 1.28 bits per heavy atom. The summed E-state index contributed by atoms with van der Waals surface area (Å²) in [5.74, 6) is 0. The number of benzene rings is 4. The molecular weight excluding hydrogens is 528 g/mol. The van der Waals surface area contributed by atoms with Gasteiger partial charge in [-0.1, -0.05) is 97.1 Å². The predicted molar refractivity (Wildman–Crippen MR) is 136 cm³/mol. The number of nitrogens with zero attached hydrogens (tertiary/aromatic N) is 1. The third-order valence-corrected chi connectivity index (χ3v) is 7.33. The van der Waals surface area contributed by atoms with Gasteiger partial charge in [-0.15, -0.1) is 0 Å². The van der Waals surface area contributed by atoms with Crippen LogP contribution in [0.2, 0.25) is 0 Å². The third-order valence-electron chi connectivity index (χ3n) is 6.94. The van der Waals surface area contributed by atoms with Crippen LogP contribution in [-0.2, 0) is 15.9 Å². The van der Waals surface area contributed by atoms with Gasteiger partial charge in [0.05, 0.1) is 10.5 Å². The molecule has 0 spiro atoms. The Hall–Kier alpha value is -3.68. The molecule has 0 saturated heterocycles. The van der Waals surface area contributed by atoms with Crippen molar-refractivity contribution in [3.63, 3.8) is 0 Å². The van der Waals surface area contributed by atoms with Gasteiger partial charge in [-0.2, -0.15) is 8.78 Å². The Morgan fingerprint density at radius 1 is 0.750 bits per heavy atom. The van der Waals surface area contributed by atoms with Crippen molar-refractivity contribution in [3.05, 3.63) is 153 Å². The number of non-ortho nitro benzene ring substituents is 1. The molecule has 0 aliphatic carbocycles. The van der Waals surface area contributed by atoms with Crippen LogP contribution in [0.1, 0.15) is 27.8 Å². The number of alkyl halides is 3. The van der Waals surface area contributed by atoms with Crippen molar-refractivity contribution < 1.29 is 18.4 Å². The lowest BCUT2D eigenvalue weighted by Gasteiger charge is -2.34. The maximum absolute atomic E-state index is 15.8. The minimum Gasteiger partial charge on any atom is -0.340 e. The molecular formula is C29H18BrF2NO3. The van der Waals surface area contributed by atoms with E-state index < -0.39 is 21.0 Å². The molecule has 0 aromatic heterocycles. The number of fused-ring (bicyclic) bond motifs is 5. The van der Waals surface area contributed by atoms with Gasteiger partial charge in [0.2, 0.25) is 0 Å². The van der Waals surface area contributed by atoms with Crippen molar-refractivity contribution in [2.45, 2.75) is 16.0 Å². The monoisotopic (exact) mass is 545 g/mol. The molecule has 4 aromatic carbocycles. The largest absolute Gasteiger partial charge is 0.340 e. The quantitative estimate of drug-likeness (QED) is 0.147. The summed E-state index contributed by atoms with van der Waals surface area (Å²) >= 11 is 2.67. The fraction of sp³-hybridized carbons (Fsp3) is 0.103. The van der Waals surface area contributed by atoms with Crippen LogP contribution >= 0.6 is 15.9 Å². The number of nitro benzene ring substituents is 1. The van der Waals surface area contributed by atoms with Gasteiger partial charge in [0, 0.05) is 17.7 Å². The van der Waals surface area contributed by atoms with Crippen LogP contribution in [-0.4, -0.2) is 9.76 Å². The molecule has 0 radical (unpaired) electrons. The van der Waals surface area contributed by atoms with E-state index in [1.54, 1.807) is 30.3 Å². The predicted octanol–water partition coefficient (Wildman–Crippen LogP) is 7.57. The molecule has 178 valence electrons. The van der Waals surface area contributed by atoms with Crippen molar-refractivity contribution in [1.82, 2.24) is 0 Å². The Labute approximate surface area is 214 Å². The zero-order valence-corrected chi connectivity index (χ0v) is 20.3. The molecule has 0 N–H and O–H groups in total. The second-order valence-electron chi connectivity index (χ2n) is 8.80. The van der Waals surface area contributed by atoms with Crippen LogP contribution in [0.15, 0.2) is 115 Å². The number of hydrogen-bond acceptors (Lipinski definition) is 3. The average Bonchev–Trinajstić information content (AvgIpc) is 3.40. The highest BCUT2D eigenvalue weighted by Gasteiger charge is 2.69. The summed E-state index contributed by atoms with van der Waals surface area (Å²) in [7, 11) is 0. The van der Waals surface area contributed by atoms with Gasteiger partial charge < -0.3 is 4.74 Å². The number of halogens is 3. The Morgan fingerprint density at radius 3 is 1.83 bits per heavy atom. The number of hydrogen-bond donors (Lipinski definition) is 0. The zero-order valence-electron chi connectivity index (χ0n) is 18.7. The van der Waals surface area contributed by atoms with Gasteiger partial charge >= 0.3 is 4.83 Å². The van der Waals surface area contributed by atoms with Crippen LogP contribution in [0.5, 0.6) is 0 Å². The van der Waals surface area contributed by atoms with E-state index in [4.69, 9.17) is 4.74 Å². The lowest BCUT2D eigenvalue weighted by molar-refractivity contribution is -0.384. The summed E-state index contributed by atoms with van der Waals surface area (Å²) in [6.45, 7) is 0. The number of ether oxygens (including phenoxy) is 1. The maximum Gasteiger partial charge on any atom is 0.326 e. The first-order chi connectivity index (χ1) is 17.3. The highest BCUT2D eigenvalue weighted by molar-refractivity contribution is 9.10. The minimum atomic E-state index is -3.49. The van der Waals surface area contributed by atoms with E-state index in [1.807, 2.05) is 60.7 Å². The molecule has 4 aromatic rings. The molecule has 4 nitrogen and oxygen atoms in total. The third kappa shape index (κ3) is 2.99. The Balaban J connectivity index is 1.82. The average molecular weight is 546 g/mol. The summed E-state index contributed by atoms with van der Waals surface area (Å²) in [5, 5.41) is 11.6. The lowest BCUT2D eigenvalue weighted by atomic mass is 9.66. The topological polar surface area (TPSA) is 52.4 Å². The van der Waals surface area contributed by atoms with Crippen molar-refractivity contribution in [3.8, 4) is 0 Å². The molecule has 36 heavy (non-hydrogen) atoms. The van der Waals surface area contributed by atoms with Crippen molar-refractivity contribution in [2.75, 3.05) is 0 Å². The van der Waals surface area contributed by atoms with Gasteiger partial charge in [-0.25, -0.2) is 0 Å². The molecule has 6 rings (SSSR count). The van der Waals surface area contributed by atoms with E-state index in [0.29, 0.717) is 22.3 Å². The fourth-order valence-electron chi connectivity index (χ4n) is 5.69. The van der Waals surface area contributed by atoms with Gasteiger partial charge in [0.25, 0.3) is 5.69 Å². The van der Waals surface area contributed by atoms with E-state index in [0.717, 1.165) is 5.56 Å². The van der Waals surface area contributed by atoms with E-state index in [-0.39, 0.29) is 16.8 Å². The highest BCUT2D eigenvalue weighted by atomic mass is 79.9. The van der Waals surface area contributed by atoms with Gasteiger partial charge in [0.1, 0.15) is 11.2 Å². The minimum absolute atomic E-state index is 0.190. The van der Waals surface area contributed by atoms with Gasteiger partial charge in [0.15, 0.2) is 0 Å². The van der Waals surface area contributed by atoms with Crippen molar-refractivity contribution in [1.29, 1.82) is 0 Å². The molecule has 0 fully saturated rings. The molecule has 7 heteroatoms. The van der Waals surface area contributed by atoms with E-state index in [1.165, 1.54) is 18.2 Å². The maximum atomic E-state index is 15.8. The summed E-state index contributed by atoms with van der Waals surface area (Å²) in [6, 6.07) is 31.3. The zero-order chi connectivity index (χ0) is 25.1. The van der Waals surface area contributed by atoms with Gasteiger partial charge in [-0.3, -0.25) is 10.1 Å². The Kier molecular flexibility index (Phi) is 5.00. The molecule has 2 atom stereocenters. The molecule has 2 bridgehead atoms. The first kappa shape index (κ1) is 22.8. The first-order valence-electron chi connectivity index (χ1n) is 11.3. The highest BCUT2D eigenvalue weighted by Crippen LogP contribution is 2.71.